The zero-order valence-corrected chi connectivity index (χ0v) is 22.8. The van der Waals surface area contributed by atoms with E-state index in [-0.39, 0.29) is 28.8 Å². The van der Waals surface area contributed by atoms with Gasteiger partial charge in [0.2, 0.25) is 0 Å². The Morgan fingerprint density at radius 2 is 1.94 bits per heavy atom. The van der Waals surface area contributed by atoms with Crippen molar-refractivity contribution in [3.05, 3.63) is 42.2 Å². The van der Waals surface area contributed by atoms with Gasteiger partial charge in [0.05, 0.1) is 28.3 Å². The lowest BCUT2D eigenvalue weighted by molar-refractivity contribution is -0.151. The molecule has 0 saturated carbocycles. The Hall–Kier alpha value is -2.30. The van der Waals surface area contributed by atoms with Gasteiger partial charge in [0.1, 0.15) is 18.2 Å². The molecule has 1 aliphatic rings. The molecule has 0 fully saturated rings. The van der Waals surface area contributed by atoms with Crippen LogP contribution in [0.2, 0.25) is 0 Å². The Labute approximate surface area is 216 Å². The molecule has 7 nitrogen and oxygen atoms in total. The number of carbonyl (C=O) groups is 1. The maximum Gasteiger partial charge on any atom is 0.338 e. The Morgan fingerprint density at radius 3 is 2.53 bits per heavy atom. The van der Waals surface area contributed by atoms with Crippen LogP contribution < -0.4 is 9.64 Å². The van der Waals surface area contributed by atoms with E-state index < -0.39 is 27.3 Å². The number of thioether (sulfide) groups is 1. The summed E-state index contributed by atoms with van der Waals surface area (Å²) < 4.78 is 51.7. The van der Waals surface area contributed by atoms with Gasteiger partial charge < -0.3 is 19.5 Å². The minimum absolute atomic E-state index is 0.0238. The molecule has 0 aliphatic carbocycles. The Balaban J connectivity index is 2.17. The molecule has 0 bridgehead atoms. The molecule has 0 saturated heterocycles. The second kappa shape index (κ2) is 11.8. The van der Waals surface area contributed by atoms with E-state index >= 15 is 0 Å². The van der Waals surface area contributed by atoms with Crippen LogP contribution >= 0.6 is 11.8 Å². The van der Waals surface area contributed by atoms with Crippen LogP contribution in [0, 0.1) is 11.2 Å². The predicted octanol–water partition coefficient (Wildman–Crippen LogP) is 4.97. The molecule has 0 amide bonds. The normalized spacial score (nSPS) is 19.8. The number of hydrogen-bond acceptors (Lipinski definition) is 8. The minimum Gasteiger partial charge on any atom is -0.489 e. The van der Waals surface area contributed by atoms with Gasteiger partial charge in [0, 0.05) is 23.7 Å². The summed E-state index contributed by atoms with van der Waals surface area (Å²) in [7, 11) is -2.58. The molecule has 0 radical (unpaired) electrons. The number of rotatable bonds is 10. The molecule has 3 rings (SSSR count). The van der Waals surface area contributed by atoms with E-state index in [0.29, 0.717) is 29.2 Å². The molecule has 2 atom stereocenters. The highest BCUT2D eigenvalue weighted by Gasteiger charge is 2.42. The van der Waals surface area contributed by atoms with Crippen molar-refractivity contribution in [2.75, 3.05) is 37.2 Å². The fourth-order valence-corrected chi connectivity index (χ4v) is 7.25. The molecule has 0 spiro atoms. The third kappa shape index (κ3) is 6.15. The average Bonchev–Trinajstić information content (AvgIpc) is 2.97. The molecule has 2 aromatic rings. The molecule has 0 aromatic heterocycles. The van der Waals surface area contributed by atoms with Crippen molar-refractivity contribution in [1.29, 1.82) is 0 Å². The van der Waals surface area contributed by atoms with E-state index in [1.807, 2.05) is 18.1 Å². The Kier molecular flexibility index (Phi) is 9.29. The van der Waals surface area contributed by atoms with Crippen molar-refractivity contribution >= 4 is 38.9 Å². The average molecular weight is 540 g/mol. The standard InChI is InChI=1S/C26H34FNO6S2/c1-5-7-12-26(6-2)16-28(19-10-8-18(27)9-11-19)20-13-23(35-4)22(14-24(20)36(31,32)17-26)34-15-21(29)25(30)33-3/h8-11,13-14,21,29H,5-7,12,15-17H2,1-4H3/t21-,26-/m1/s1. The van der Waals surface area contributed by atoms with Crippen LogP contribution in [-0.2, 0) is 19.4 Å². The summed E-state index contributed by atoms with van der Waals surface area (Å²) in [5.41, 5.74) is 0.703. The molecule has 1 N–H and O–H groups in total. The van der Waals surface area contributed by atoms with Crippen molar-refractivity contribution < 1.29 is 32.2 Å². The van der Waals surface area contributed by atoms with E-state index in [9.17, 15) is 22.7 Å². The number of methoxy groups -OCH3 is 1. The summed E-state index contributed by atoms with van der Waals surface area (Å²) in [5, 5.41) is 9.96. The summed E-state index contributed by atoms with van der Waals surface area (Å²) in [6.45, 7) is 4.19. The molecule has 198 valence electrons. The van der Waals surface area contributed by atoms with Crippen LogP contribution in [0.5, 0.6) is 5.75 Å². The van der Waals surface area contributed by atoms with Crippen LogP contribution in [0.3, 0.4) is 0 Å². The fourth-order valence-electron chi connectivity index (χ4n) is 4.53. The van der Waals surface area contributed by atoms with Crippen molar-refractivity contribution in [2.45, 2.75) is 55.4 Å². The summed E-state index contributed by atoms with van der Waals surface area (Å²) >= 11 is 1.36. The molecule has 2 aromatic carbocycles. The Morgan fingerprint density at radius 1 is 1.25 bits per heavy atom. The smallest absolute Gasteiger partial charge is 0.338 e. The molecule has 10 heteroatoms. The molecule has 1 aliphatic heterocycles. The number of sulfone groups is 1. The molecule has 36 heavy (non-hydrogen) atoms. The van der Waals surface area contributed by atoms with Gasteiger partial charge in [-0.25, -0.2) is 17.6 Å². The van der Waals surface area contributed by atoms with E-state index in [2.05, 4.69) is 11.7 Å². The first kappa shape index (κ1) is 28.3. The highest BCUT2D eigenvalue weighted by Crippen LogP contribution is 2.47. The summed E-state index contributed by atoms with van der Waals surface area (Å²) in [6, 6.07) is 9.29. The van der Waals surface area contributed by atoms with Crippen LogP contribution in [0.1, 0.15) is 39.5 Å². The predicted molar refractivity (Wildman–Crippen MR) is 139 cm³/mol. The van der Waals surface area contributed by atoms with E-state index in [1.54, 1.807) is 18.2 Å². The number of halogens is 1. The Bertz CT molecular complexity index is 1170. The topological polar surface area (TPSA) is 93.1 Å². The van der Waals surface area contributed by atoms with Crippen molar-refractivity contribution in [1.82, 2.24) is 0 Å². The lowest BCUT2D eigenvalue weighted by atomic mass is 9.81. The third-order valence-corrected chi connectivity index (χ3v) is 9.43. The van der Waals surface area contributed by atoms with Crippen molar-refractivity contribution in [3.8, 4) is 5.75 Å². The molecule has 0 unspecified atom stereocenters. The number of nitrogens with zero attached hydrogens (tertiary/aromatic N) is 1. The number of unbranched alkanes of at least 4 members (excludes halogenated alkanes) is 1. The van der Waals surface area contributed by atoms with E-state index in [4.69, 9.17) is 4.74 Å². The highest BCUT2D eigenvalue weighted by atomic mass is 32.2. The zero-order valence-electron chi connectivity index (χ0n) is 21.1. The SMILES string of the molecule is CCCC[C@]1(CC)CN(c2ccc(F)cc2)c2cc(SC)c(OC[C@@H](O)C(=O)OC)cc2S(=O)(=O)C1. The summed E-state index contributed by atoms with van der Waals surface area (Å²) in [5.74, 6) is -0.977. The maximum absolute atomic E-state index is 13.8. The van der Waals surface area contributed by atoms with Crippen LogP contribution in [0.15, 0.2) is 46.2 Å². The van der Waals surface area contributed by atoms with Gasteiger partial charge in [-0.15, -0.1) is 11.8 Å². The number of esters is 1. The van der Waals surface area contributed by atoms with Gasteiger partial charge in [0.25, 0.3) is 0 Å². The van der Waals surface area contributed by atoms with E-state index in [1.165, 1.54) is 30.0 Å². The number of aliphatic hydroxyl groups is 1. The largest absolute Gasteiger partial charge is 0.489 e. The third-order valence-electron chi connectivity index (χ3n) is 6.68. The number of ether oxygens (including phenoxy) is 2. The number of carbonyl (C=O) groups excluding carboxylic acids is 1. The minimum atomic E-state index is -3.74. The molecular formula is C26H34FNO6S2. The first-order valence-electron chi connectivity index (χ1n) is 12.0. The monoisotopic (exact) mass is 539 g/mol. The number of benzene rings is 2. The number of hydrogen-bond donors (Lipinski definition) is 1. The lowest BCUT2D eigenvalue weighted by Crippen LogP contribution is -2.37. The van der Waals surface area contributed by atoms with Crippen LogP contribution in [0.4, 0.5) is 15.8 Å². The first-order chi connectivity index (χ1) is 17.1. The van der Waals surface area contributed by atoms with Crippen LogP contribution in [0.25, 0.3) is 0 Å². The molecular weight excluding hydrogens is 505 g/mol. The van der Waals surface area contributed by atoms with Gasteiger partial charge in [-0.05, 0) is 49.4 Å². The van der Waals surface area contributed by atoms with Crippen molar-refractivity contribution in [2.24, 2.45) is 5.41 Å². The van der Waals surface area contributed by atoms with Gasteiger partial charge in [-0.1, -0.05) is 26.7 Å². The first-order valence-corrected chi connectivity index (χ1v) is 14.8. The highest BCUT2D eigenvalue weighted by molar-refractivity contribution is 7.98. The quantitative estimate of drug-likeness (QED) is 0.334. The van der Waals surface area contributed by atoms with Crippen LogP contribution in [-0.4, -0.2) is 57.9 Å². The number of anilines is 2. The second-order valence-corrected chi connectivity index (χ2v) is 11.9. The van der Waals surface area contributed by atoms with Gasteiger partial charge in [0.15, 0.2) is 15.9 Å². The van der Waals surface area contributed by atoms with Gasteiger partial charge in [-0.2, -0.15) is 0 Å². The second-order valence-electron chi connectivity index (χ2n) is 9.10. The fraction of sp³-hybridized carbons (Fsp3) is 0.500. The zero-order chi connectivity index (χ0) is 26.5. The number of fused-ring (bicyclic) bond motifs is 1. The summed E-state index contributed by atoms with van der Waals surface area (Å²) in [6.07, 6.45) is 3.58. The summed E-state index contributed by atoms with van der Waals surface area (Å²) in [4.78, 5) is 14.3. The van der Waals surface area contributed by atoms with E-state index in [0.717, 1.165) is 26.4 Å². The van der Waals surface area contributed by atoms with Gasteiger partial charge in [-0.3, -0.25) is 0 Å². The lowest BCUT2D eigenvalue weighted by Gasteiger charge is -2.36. The maximum atomic E-state index is 13.8. The number of aliphatic hydroxyl groups excluding tert-OH is 1. The molecule has 1 heterocycles. The van der Waals surface area contributed by atoms with Gasteiger partial charge >= 0.3 is 5.97 Å². The van der Waals surface area contributed by atoms with Crippen molar-refractivity contribution in [3.63, 3.8) is 0 Å².